The molecule has 0 amide bonds. The number of Topliss-reactive ketones (excluding diaryl/α,β-unsaturated/α-hetero) is 1. The molecule has 0 saturated carbocycles. The van der Waals surface area contributed by atoms with Crippen molar-refractivity contribution in [2.24, 2.45) is 5.92 Å². The van der Waals surface area contributed by atoms with Crippen LogP contribution in [-0.4, -0.2) is 18.4 Å². The summed E-state index contributed by atoms with van der Waals surface area (Å²) in [6.45, 7) is 6.35. The highest BCUT2D eigenvalue weighted by atomic mass is 16.5. The maximum atomic E-state index is 11.4. The Morgan fingerprint density at radius 3 is 2.20 bits per heavy atom. The Hall–Kier alpha value is -0.860. The van der Waals surface area contributed by atoms with Crippen LogP contribution in [0, 0.1) is 5.92 Å². The van der Waals surface area contributed by atoms with Gasteiger partial charge in [0.2, 0.25) is 0 Å². The highest BCUT2D eigenvalue weighted by Crippen LogP contribution is 2.15. The van der Waals surface area contributed by atoms with Gasteiger partial charge in [-0.2, -0.15) is 0 Å². The molecule has 0 bridgehead atoms. The van der Waals surface area contributed by atoms with Gasteiger partial charge in [-0.1, -0.05) is 26.7 Å². The average Bonchev–Trinajstić information content (AvgIpc) is 2.19. The standard InChI is InChI=1S/C12H22O3/c1-4-10(5-2)7-8-11(13)9-12(14)15-6-3/h10H,4-9H2,1-3H3. The average molecular weight is 214 g/mol. The fraction of sp³-hybridized carbons (Fsp3) is 0.833. The first-order chi connectivity index (χ1) is 7.13. The number of esters is 1. The van der Waals surface area contributed by atoms with Crippen molar-refractivity contribution in [3.63, 3.8) is 0 Å². The van der Waals surface area contributed by atoms with Crippen LogP contribution in [-0.2, 0) is 14.3 Å². The number of carbonyl (C=O) groups excluding carboxylic acids is 2. The zero-order chi connectivity index (χ0) is 11.7. The first-order valence-corrected chi connectivity index (χ1v) is 5.81. The molecule has 0 atom stereocenters. The van der Waals surface area contributed by atoms with Gasteiger partial charge in [-0.05, 0) is 19.3 Å². The maximum Gasteiger partial charge on any atom is 0.313 e. The van der Waals surface area contributed by atoms with Gasteiger partial charge in [0.1, 0.15) is 12.2 Å². The van der Waals surface area contributed by atoms with Crippen LogP contribution in [0.1, 0.15) is 52.9 Å². The van der Waals surface area contributed by atoms with E-state index in [2.05, 4.69) is 13.8 Å². The van der Waals surface area contributed by atoms with Gasteiger partial charge < -0.3 is 4.74 Å². The van der Waals surface area contributed by atoms with Crippen molar-refractivity contribution in [1.29, 1.82) is 0 Å². The number of hydrogen-bond acceptors (Lipinski definition) is 3. The molecule has 0 spiro atoms. The van der Waals surface area contributed by atoms with Crippen molar-refractivity contribution in [2.45, 2.75) is 52.9 Å². The van der Waals surface area contributed by atoms with E-state index in [-0.39, 0.29) is 12.2 Å². The van der Waals surface area contributed by atoms with Crippen LogP contribution in [0.15, 0.2) is 0 Å². The third kappa shape index (κ3) is 7.11. The first kappa shape index (κ1) is 14.1. The zero-order valence-electron chi connectivity index (χ0n) is 10.0. The fourth-order valence-corrected chi connectivity index (χ4v) is 1.52. The highest BCUT2D eigenvalue weighted by Gasteiger charge is 2.12. The van der Waals surface area contributed by atoms with Gasteiger partial charge in [-0.25, -0.2) is 0 Å². The summed E-state index contributed by atoms with van der Waals surface area (Å²) >= 11 is 0. The molecule has 0 aromatic carbocycles. The van der Waals surface area contributed by atoms with Crippen LogP contribution >= 0.6 is 0 Å². The monoisotopic (exact) mass is 214 g/mol. The summed E-state index contributed by atoms with van der Waals surface area (Å²) in [5.74, 6) is 0.212. The summed E-state index contributed by atoms with van der Waals surface area (Å²) in [6, 6.07) is 0. The number of hydrogen-bond donors (Lipinski definition) is 0. The van der Waals surface area contributed by atoms with Crippen LogP contribution in [0.2, 0.25) is 0 Å². The van der Waals surface area contributed by atoms with Crippen LogP contribution in [0.5, 0.6) is 0 Å². The minimum atomic E-state index is -0.396. The molecule has 0 saturated heterocycles. The zero-order valence-corrected chi connectivity index (χ0v) is 10.0. The van der Waals surface area contributed by atoms with E-state index in [0.717, 1.165) is 19.3 Å². The molecule has 15 heavy (non-hydrogen) atoms. The Bertz CT molecular complexity index is 195. The molecule has 0 rings (SSSR count). The van der Waals surface area contributed by atoms with Gasteiger partial charge in [0.15, 0.2) is 0 Å². The van der Waals surface area contributed by atoms with Gasteiger partial charge >= 0.3 is 5.97 Å². The molecule has 0 aliphatic heterocycles. The van der Waals surface area contributed by atoms with Gasteiger partial charge in [0.05, 0.1) is 6.61 Å². The fourth-order valence-electron chi connectivity index (χ4n) is 1.52. The molecule has 0 heterocycles. The third-order valence-electron chi connectivity index (χ3n) is 2.63. The molecule has 3 heteroatoms. The Labute approximate surface area is 92.2 Å². The van der Waals surface area contributed by atoms with Crippen molar-refractivity contribution >= 4 is 11.8 Å². The smallest absolute Gasteiger partial charge is 0.313 e. The number of carbonyl (C=O) groups is 2. The number of rotatable bonds is 8. The third-order valence-corrected chi connectivity index (χ3v) is 2.63. The Morgan fingerprint density at radius 1 is 1.13 bits per heavy atom. The Kier molecular flexibility index (Phi) is 7.96. The Morgan fingerprint density at radius 2 is 1.73 bits per heavy atom. The molecule has 0 unspecified atom stereocenters. The lowest BCUT2D eigenvalue weighted by atomic mass is 9.96. The summed E-state index contributed by atoms with van der Waals surface area (Å²) in [7, 11) is 0. The topological polar surface area (TPSA) is 43.4 Å². The van der Waals surface area contributed by atoms with Crippen molar-refractivity contribution < 1.29 is 14.3 Å². The molecule has 0 radical (unpaired) electrons. The minimum Gasteiger partial charge on any atom is -0.466 e. The van der Waals surface area contributed by atoms with Crippen LogP contribution in [0.25, 0.3) is 0 Å². The molecule has 0 aliphatic carbocycles. The van der Waals surface area contributed by atoms with Gasteiger partial charge in [0.25, 0.3) is 0 Å². The van der Waals surface area contributed by atoms with Crippen molar-refractivity contribution in [1.82, 2.24) is 0 Å². The number of ether oxygens (including phenoxy) is 1. The van der Waals surface area contributed by atoms with Gasteiger partial charge in [0, 0.05) is 6.42 Å². The van der Waals surface area contributed by atoms with E-state index < -0.39 is 5.97 Å². The van der Waals surface area contributed by atoms with E-state index >= 15 is 0 Å². The second kappa shape index (κ2) is 8.45. The molecular weight excluding hydrogens is 192 g/mol. The van der Waals surface area contributed by atoms with Gasteiger partial charge in [-0.15, -0.1) is 0 Å². The molecular formula is C12H22O3. The lowest BCUT2D eigenvalue weighted by molar-refractivity contribution is -0.145. The summed E-state index contributed by atoms with van der Waals surface area (Å²) in [5, 5.41) is 0. The quantitative estimate of drug-likeness (QED) is 0.461. The minimum absolute atomic E-state index is 0.000324. The van der Waals surface area contributed by atoms with Gasteiger partial charge in [-0.3, -0.25) is 9.59 Å². The highest BCUT2D eigenvalue weighted by molar-refractivity contribution is 5.95. The summed E-state index contributed by atoms with van der Waals surface area (Å²) in [6.07, 6.45) is 3.54. The molecule has 88 valence electrons. The van der Waals surface area contributed by atoms with E-state index in [0.29, 0.717) is 18.9 Å². The van der Waals surface area contributed by atoms with E-state index in [1.807, 2.05) is 0 Å². The van der Waals surface area contributed by atoms with E-state index in [1.54, 1.807) is 6.92 Å². The van der Waals surface area contributed by atoms with Crippen LogP contribution < -0.4 is 0 Å². The molecule has 3 nitrogen and oxygen atoms in total. The molecule has 0 aliphatic rings. The molecule has 0 aromatic rings. The molecule has 0 N–H and O–H groups in total. The predicted octanol–water partition coefficient (Wildman–Crippen LogP) is 2.73. The SMILES string of the molecule is CCOC(=O)CC(=O)CCC(CC)CC. The van der Waals surface area contributed by atoms with Crippen molar-refractivity contribution in [2.75, 3.05) is 6.61 Å². The molecule has 0 aromatic heterocycles. The lowest BCUT2D eigenvalue weighted by Crippen LogP contribution is -2.12. The number of ketones is 1. The first-order valence-electron chi connectivity index (χ1n) is 5.81. The summed E-state index contributed by atoms with van der Waals surface area (Å²) in [5.41, 5.74) is 0. The lowest BCUT2D eigenvalue weighted by Gasteiger charge is -2.10. The second-order valence-corrected chi connectivity index (χ2v) is 3.74. The summed E-state index contributed by atoms with van der Waals surface area (Å²) < 4.78 is 4.71. The van der Waals surface area contributed by atoms with E-state index in [4.69, 9.17) is 4.74 Å². The maximum absolute atomic E-state index is 11.4. The Balaban J connectivity index is 3.69. The van der Waals surface area contributed by atoms with Crippen molar-refractivity contribution in [3.05, 3.63) is 0 Å². The largest absolute Gasteiger partial charge is 0.466 e. The normalized spacial score (nSPS) is 10.4. The van der Waals surface area contributed by atoms with Crippen LogP contribution in [0.4, 0.5) is 0 Å². The second-order valence-electron chi connectivity index (χ2n) is 3.74. The van der Waals surface area contributed by atoms with Crippen molar-refractivity contribution in [3.8, 4) is 0 Å². The van der Waals surface area contributed by atoms with E-state index in [1.165, 1.54) is 0 Å². The molecule has 0 fully saturated rings. The van der Waals surface area contributed by atoms with Crippen LogP contribution in [0.3, 0.4) is 0 Å². The van der Waals surface area contributed by atoms with E-state index in [9.17, 15) is 9.59 Å². The predicted molar refractivity (Wildman–Crippen MR) is 59.6 cm³/mol. The summed E-state index contributed by atoms with van der Waals surface area (Å²) in [4.78, 5) is 22.4.